The highest BCUT2D eigenvalue weighted by atomic mass is 19.3. The first-order chi connectivity index (χ1) is 13.4. The fourth-order valence-corrected chi connectivity index (χ4v) is 3.47. The first-order valence-corrected chi connectivity index (χ1v) is 9.16. The number of nitrogens with zero attached hydrogens (tertiary/aromatic N) is 1. The van der Waals surface area contributed by atoms with Crippen molar-refractivity contribution in [2.45, 2.75) is 32.4 Å². The van der Waals surface area contributed by atoms with Crippen LogP contribution in [-0.2, 0) is 24.2 Å². The van der Waals surface area contributed by atoms with Crippen molar-refractivity contribution in [1.29, 1.82) is 0 Å². The summed E-state index contributed by atoms with van der Waals surface area (Å²) in [6.45, 7) is -2.25. The molecule has 28 heavy (non-hydrogen) atoms. The van der Waals surface area contributed by atoms with Crippen LogP contribution in [0.2, 0.25) is 0 Å². The average molecular weight is 390 g/mol. The maximum Gasteiger partial charge on any atom is 0.387 e. The van der Waals surface area contributed by atoms with Crippen LogP contribution in [0.1, 0.15) is 23.1 Å². The first kappa shape index (κ1) is 20.1. The van der Waals surface area contributed by atoms with E-state index in [1.807, 2.05) is 24.1 Å². The van der Waals surface area contributed by atoms with Gasteiger partial charge in [-0.2, -0.15) is 8.78 Å². The minimum Gasteiger partial charge on any atom is -0.493 e. The Labute approximate surface area is 163 Å². The van der Waals surface area contributed by atoms with E-state index in [1.165, 1.54) is 30.7 Å². The topological polar surface area (TPSA) is 50.8 Å². The van der Waals surface area contributed by atoms with Gasteiger partial charge in [-0.15, -0.1) is 0 Å². The minimum absolute atomic E-state index is 0.0155. The molecule has 1 amide bonds. The predicted molar refractivity (Wildman–Crippen MR) is 103 cm³/mol. The Morgan fingerprint density at radius 1 is 1.14 bits per heavy atom. The van der Waals surface area contributed by atoms with E-state index in [1.54, 1.807) is 12.1 Å². The van der Waals surface area contributed by atoms with Crippen LogP contribution >= 0.6 is 0 Å². The third-order valence-electron chi connectivity index (χ3n) is 4.69. The Hall–Kier alpha value is -2.67. The molecule has 0 aromatic heterocycles. The Kier molecular flexibility index (Phi) is 6.46. The molecule has 0 bridgehead atoms. The lowest BCUT2D eigenvalue weighted by molar-refractivity contribution is -0.117. The minimum atomic E-state index is -2.91. The largest absolute Gasteiger partial charge is 0.493 e. The zero-order valence-electron chi connectivity index (χ0n) is 16.0. The van der Waals surface area contributed by atoms with Crippen LogP contribution < -0.4 is 14.8 Å². The highest BCUT2D eigenvalue weighted by molar-refractivity contribution is 5.92. The van der Waals surface area contributed by atoms with E-state index in [0.29, 0.717) is 6.54 Å². The molecule has 1 aliphatic rings. The zero-order chi connectivity index (χ0) is 20.1. The molecular weight excluding hydrogens is 366 g/mol. The van der Waals surface area contributed by atoms with Crippen molar-refractivity contribution >= 4 is 11.6 Å². The lowest BCUT2D eigenvalue weighted by atomic mass is 10.1. The van der Waals surface area contributed by atoms with E-state index in [9.17, 15) is 13.6 Å². The number of rotatable bonds is 8. The fourth-order valence-electron chi connectivity index (χ4n) is 3.47. The maximum atomic E-state index is 12.4. The van der Waals surface area contributed by atoms with Gasteiger partial charge in [0.05, 0.1) is 13.7 Å². The molecular formula is C21H24F2N2O3. The molecule has 150 valence electrons. The lowest BCUT2D eigenvalue weighted by Crippen LogP contribution is -2.29. The van der Waals surface area contributed by atoms with Gasteiger partial charge in [-0.1, -0.05) is 12.1 Å². The molecule has 2 aromatic carbocycles. The molecule has 7 heteroatoms. The molecule has 2 aromatic rings. The lowest BCUT2D eigenvalue weighted by Gasteiger charge is -2.18. The number of fused-ring (bicyclic) bond motifs is 1. The van der Waals surface area contributed by atoms with Gasteiger partial charge in [-0.25, -0.2) is 0 Å². The van der Waals surface area contributed by atoms with E-state index in [-0.39, 0.29) is 24.0 Å². The third kappa shape index (κ3) is 5.19. The van der Waals surface area contributed by atoms with E-state index in [0.717, 1.165) is 24.1 Å². The van der Waals surface area contributed by atoms with Gasteiger partial charge in [-0.05, 0) is 67.3 Å². The van der Waals surface area contributed by atoms with Crippen LogP contribution in [0.25, 0.3) is 0 Å². The second-order valence-electron chi connectivity index (χ2n) is 6.92. The summed E-state index contributed by atoms with van der Waals surface area (Å²) < 4.78 is 34.4. The van der Waals surface area contributed by atoms with Gasteiger partial charge in [-0.3, -0.25) is 9.69 Å². The number of halogens is 2. The second-order valence-corrected chi connectivity index (χ2v) is 6.92. The number of hydrogen-bond acceptors (Lipinski definition) is 4. The highest BCUT2D eigenvalue weighted by Gasteiger charge is 2.14. The molecule has 3 rings (SSSR count). The molecule has 0 saturated heterocycles. The van der Waals surface area contributed by atoms with Crippen molar-refractivity contribution in [2.24, 2.45) is 0 Å². The van der Waals surface area contributed by atoms with Gasteiger partial charge in [0, 0.05) is 12.2 Å². The van der Waals surface area contributed by atoms with Crippen LogP contribution in [0.5, 0.6) is 11.5 Å². The molecule has 0 radical (unpaired) electrons. The van der Waals surface area contributed by atoms with E-state index >= 15 is 0 Å². The molecule has 1 N–H and O–H groups in total. The number of carbonyl (C=O) groups excluding carboxylic acids is 1. The van der Waals surface area contributed by atoms with Gasteiger partial charge in [0.15, 0.2) is 11.5 Å². The summed E-state index contributed by atoms with van der Waals surface area (Å²) in [6.07, 6.45) is 3.34. The Morgan fingerprint density at radius 3 is 2.68 bits per heavy atom. The highest BCUT2D eigenvalue weighted by Crippen LogP contribution is 2.30. The number of methoxy groups -OCH3 is 1. The van der Waals surface area contributed by atoms with Gasteiger partial charge >= 0.3 is 6.61 Å². The molecule has 0 atom stereocenters. The Balaban J connectivity index is 1.56. The summed E-state index contributed by atoms with van der Waals surface area (Å²) in [7, 11) is 3.21. The predicted octanol–water partition coefficient (Wildman–Crippen LogP) is 3.86. The molecule has 0 aliphatic heterocycles. The van der Waals surface area contributed by atoms with Crippen LogP contribution in [0.15, 0.2) is 36.4 Å². The van der Waals surface area contributed by atoms with Crippen LogP contribution in [0, 0.1) is 0 Å². The zero-order valence-corrected chi connectivity index (χ0v) is 16.0. The molecule has 0 heterocycles. The fraction of sp³-hybridized carbons (Fsp3) is 0.381. The van der Waals surface area contributed by atoms with Gasteiger partial charge in [0.1, 0.15) is 0 Å². The van der Waals surface area contributed by atoms with Crippen molar-refractivity contribution in [3.05, 3.63) is 53.1 Å². The van der Waals surface area contributed by atoms with Crippen molar-refractivity contribution in [2.75, 3.05) is 26.0 Å². The van der Waals surface area contributed by atoms with Gasteiger partial charge in [0.2, 0.25) is 5.91 Å². The summed E-state index contributed by atoms with van der Waals surface area (Å²) >= 11 is 0. The number of anilines is 1. The number of alkyl halides is 2. The van der Waals surface area contributed by atoms with E-state index < -0.39 is 6.61 Å². The second kappa shape index (κ2) is 9.01. The molecule has 0 spiro atoms. The number of carbonyl (C=O) groups is 1. The molecule has 5 nitrogen and oxygen atoms in total. The Bertz CT molecular complexity index is 842. The summed E-state index contributed by atoms with van der Waals surface area (Å²) in [4.78, 5) is 14.2. The van der Waals surface area contributed by atoms with Crippen LogP contribution in [0.4, 0.5) is 14.5 Å². The summed E-state index contributed by atoms with van der Waals surface area (Å²) in [5.74, 6) is 0.108. The smallest absolute Gasteiger partial charge is 0.387 e. The number of benzene rings is 2. The quantitative estimate of drug-likeness (QED) is 0.744. The summed E-state index contributed by atoms with van der Waals surface area (Å²) in [5.41, 5.74) is 4.31. The van der Waals surface area contributed by atoms with Gasteiger partial charge < -0.3 is 14.8 Å². The van der Waals surface area contributed by atoms with Crippen molar-refractivity contribution < 1.29 is 23.0 Å². The third-order valence-corrected chi connectivity index (χ3v) is 4.69. The number of nitrogens with one attached hydrogen (secondary N) is 1. The Morgan fingerprint density at radius 2 is 1.93 bits per heavy atom. The van der Waals surface area contributed by atoms with E-state index in [4.69, 9.17) is 4.74 Å². The number of aryl methyl sites for hydroxylation is 2. The summed E-state index contributed by atoms with van der Waals surface area (Å²) in [6, 6.07) is 10.8. The molecule has 1 aliphatic carbocycles. The molecule has 0 saturated carbocycles. The van der Waals surface area contributed by atoms with Gasteiger partial charge in [0.25, 0.3) is 0 Å². The molecule has 0 unspecified atom stereocenters. The standard InChI is InChI=1S/C21H24F2N2O3/c1-25(12-14-6-9-18(28-21(22)23)19(10-14)27-2)13-20(26)24-17-8-7-15-4-3-5-16(15)11-17/h6-11,21H,3-5,12-13H2,1-2H3,(H,24,26). The van der Waals surface area contributed by atoms with Crippen LogP contribution in [-0.4, -0.2) is 38.1 Å². The monoisotopic (exact) mass is 390 g/mol. The SMILES string of the molecule is COc1cc(CN(C)CC(=O)Nc2ccc3c(c2)CCC3)ccc1OC(F)F. The molecule has 0 fully saturated rings. The maximum absolute atomic E-state index is 12.4. The van der Waals surface area contributed by atoms with E-state index in [2.05, 4.69) is 16.1 Å². The van der Waals surface area contributed by atoms with Crippen molar-refractivity contribution in [3.63, 3.8) is 0 Å². The number of amides is 1. The van der Waals surface area contributed by atoms with Crippen molar-refractivity contribution in [3.8, 4) is 11.5 Å². The van der Waals surface area contributed by atoms with Crippen molar-refractivity contribution in [1.82, 2.24) is 4.90 Å². The van der Waals surface area contributed by atoms with Crippen LogP contribution in [0.3, 0.4) is 0 Å². The number of hydrogen-bond donors (Lipinski definition) is 1. The average Bonchev–Trinajstić information content (AvgIpc) is 3.10. The normalized spacial score (nSPS) is 12.9. The summed E-state index contributed by atoms with van der Waals surface area (Å²) in [5, 5.41) is 2.93. The number of likely N-dealkylation sites (N-methyl/N-ethyl adjacent to an activating group) is 1. The first-order valence-electron chi connectivity index (χ1n) is 9.16. The number of ether oxygens (including phenoxy) is 2.